The molecule has 0 aliphatic heterocycles. The van der Waals surface area contributed by atoms with Gasteiger partial charge in [-0.25, -0.2) is 0 Å². The number of nitrogens with two attached hydrogens (primary N) is 1. The summed E-state index contributed by atoms with van der Waals surface area (Å²) in [5, 5.41) is 0. The molecular formula is C8H13F3N2. The SMILES string of the molecule is NCC(CC(F)(F)F)=NC1CCC1. The molecule has 2 nitrogen and oxygen atoms in total. The molecule has 1 rings (SSSR count). The van der Waals surface area contributed by atoms with Crippen molar-refractivity contribution >= 4 is 5.71 Å². The lowest BCUT2D eigenvalue weighted by molar-refractivity contribution is -0.121. The number of halogens is 3. The zero-order valence-corrected chi connectivity index (χ0v) is 7.27. The molecule has 1 fully saturated rings. The van der Waals surface area contributed by atoms with E-state index in [1.807, 2.05) is 0 Å². The number of nitrogens with zero attached hydrogens (tertiary/aromatic N) is 1. The molecule has 0 spiro atoms. The fourth-order valence-electron chi connectivity index (χ4n) is 1.18. The van der Waals surface area contributed by atoms with Crippen LogP contribution in [0.4, 0.5) is 13.2 Å². The van der Waals surface area contributed by atoms with Crippen molar-refractivity contribution in [3.8, 4) is 0 Å². The lowest BCUT2D eigenvalue weighted by atomic mass is 9.93. The van der Waals surface area contributed by atoms with Gasteiger partial charge >= 0.3 is 6.18 Å². The Morgan fingerprint density at radius 1 is 1.38 bits per heavy atom. The number of hydrogen-bond donors (Lipinski definition) is 1. The minimum Gasteiger partial charge on any atom is -0.325 e. The van der Waals surface area contributed by atoms with Gasteiger partial charge in [0.2, 0.25) is 0 Å². The Bertz CT molecular complexity index is 194. The summed E-state index contributed by atoms with van der Waals surface area (Å²) in [7, 11) is 0. The van der Waals surface area contributed by atoms with Crippen LogP contribution in [-0.4, -0.2) is 24.5 Å². The molecule has 2 N–H and O–H groups in total. The van der Waals surface area contributed by atoms with Gasteiger partial charge in [-0.1, -0.05) is 0 Å². The zero-order valence-electron chi connectivity index (χ0n) is 7.27. The molecule has 0 aromatic rings. The Balaban J connectivity index is 2.45. The van der Waals surface area contributed by atoms with E-state index in [0.717, 1.165) is 19.3 Å². The number of hydrogen-bond acceptors (Lipinski definition) is 2. The number of alkyl halides is 3. The van der Waals surface area contributed by atoms with Gasteiger partial charge in [-0.2, -0.15) is 13.2 Å². The first-order valence-electron chi connectivity index (χ1n) is 4.33. The van der Waals surface area contributed by atoms with Gasteiger partial charge in [-0.05, 0) is 19.3 Å². The third-order valence-corrected chi connectivity index (χ3v) is 2.08. The number of aliphatic imine (C=N–C) groups is 1. The molecule has 0 amide bonds. The molecule has 0 radical (unpaired) electrons. The summed E-state index contributed by atoms with van der Waals surface area (Å²) in [5.74, 6) is 0. The normalized spacial score (nSPS) is 20.2. The van der Waals surface area contributed by atoms with Gasteiger partial charge in [0.15, 0.2) is 0 Å². The third kappa shape index (κ3) is 3.76. The van der Waals surface area contributed by atoms with E-state index in [4.69, 9.17) is 5.73 Å². The van der Waals surface area contributed by atoms with Crippen LogP contribution in [0.1, 0.15) is 25.7 Å². The van der Waals surface area contributed by atoms with Gasteiger partial charge < -0.3 is 5.73 Å². The minimum absolute atomic E-state index is 0.0807. The zero-order chi connectivity index (χ0) is 9.90. The molecule has 0 aromatic carbocycles. The van der Waals surface area contributed by atoms with E-state index in [0.29, 0.717) is 0 Å². The summed E-state index contributed by atoms with van der Waals surface area (Å²) in [6, 6.07) is 0.0981. The van der Waals surface area contributed by atoms with E-state index in [1.165, 1.54) is 0 Å². The first-order valence-corrected chi connectivity index (χ1v) is 4.33. The Kier molecular flexibility index (Phi) is 3.30. The van der Waals surface area contributed by atoms with Gasteiger partial charge in [0, 0.05) is 18.3 Å². The maximum Gasteiger partial charge on any atom is 0.394 e. The van der Waals surface area contributed by atoms with Gasteiger partial charge in [0.05, 0.1) is 6.42 Å². The summed E-state index contributed by atoms with van der Waals surface area (Å²) in [6.07, 6.45) is -2.26. The van der Waals surface area contributed by atoms with Crippen molar-refractivity contribution in [2.75, 3.05) is 6.54 Å². The Morgan fingerprint density at radius 2 is 2.00 bits per heavy atom. The van der Waals surface area contributed by atoms with Gasteiger partial charge in [0.1, 0.15) is 0 Å². The maximum atomic E-state index is 11.9. The average Bonchev–Trinajstić information content (AvgIpc) is 1.91. The Hall–Kier alpha value is -0.580. The van der Waals surface area contributed by atoms with E-state index < -0.39 is 12.6 Å². The fraction of sp³-hybridized carbons (Fsp3) is 0.875. The molecule has 0 unspecified atom stereocenters. The second kappa shape index (κ2) is 4.09. The van der Waals surface area contributed by atoms with Crippen LogP contribution in [0, 0.1) is 0 Å². The third-order valence-electron chi connectivity index (χ3n) is 2.08. The van der Waals surface area contributed by atoms with Gasteiger partial charge in [0.25, 0.3) is 0 Å². The van der Waals surface area contributed by atoms with Crippen molar-refractivity contribution in [1.82, 2.24) is 0 Å². The van der Waals surface area contributed by atoms with Crippen molar-refractivity contribution in [2.24, 2.45) is 10.7 Å². The van der Waals surface area contributed by atoms with Crippen molar-refractivity contribution < 1.29 is 13.2 Å². The quantitative estimate of drug-likeness (QED) is 0.684. The van der Waals surface area contributed by atoms with Crippen LogP contribution in [-0.2, 0) is 0 Å². The van der Waals surface area contributed by atoms with E-state index >= 15 is 0 Å². The van der Waals surface area contributed by atoms with Gasteiger partial charge in [-0.3, -0.25) is 4.99 Å². The summed E-state index contributed by atoms with van der Waals surface area (Å²) < 4.78 is 35.8. The Labute approximate surface area is 75.0 Å². The predicted molar refractivity (Wildman–Crippen MR) is 44.8 cm³/mol. The molecule has 76 valence electrons. The molecule has 1 saturated carbocycles. The van der Waals surface area contributed by atoms with Crippen LogP contribution >= 0.6 is 0 Å². The minimum atomic E-state index is -4.18. The van der Waals surface area contributed by atoms with Crippen molar-refractivity contribution in [2.45, 2.75) is 37.9 Å². The van der Waals surface area contributed by atoms with Crippen molar-refractivity contribution in [3.05, 3.63) is 0 Å². The summed E-state index contributed by atoms with van der Waals surface area (Å²) in [5.41, 5.74) is 5.26. The van der Waals surface area contributed by atoms with E-state index in [9.17, 15) is 13.2 Å². The standard InChI is InChI=1S/C8H13F3N2/c9-8(10,11)4-7(5-12)13-6-2-1-3-6/h6H,1-5,12H2. The molecule has 0 bridgehead atoms. The van der Waals surface area contributed by atoms with E-state index in [2.05, 4.69) is 4.99 Å². The molecular weight excluding hydrogens is 181 g/mol. The van der Waals surface area contributed by atoms with E-state index in [-0.39, 0.29) is 18.3 Å². The molecule has 0 aromatic heterocycles. The van der Waals surface area contributed by atoms with Crippen LogP contribution in [0.5, 0.6) is 0 Å². The van der Waals surface area contributed by atoms with E-state index in [1.54, 1.807) is 0 Å². The number of rotatable bonds is 3. The highest BCUT2D eigenvalue weighted by molar-refractivity contribution is 5.87. The first kappa shape index (κ1) is 10.5. The lowest BCUT2D eigenvalue weighted by Gasteiger charge is -2.22. The first-order chi connectivity index (χ1) is 6.01. The van der Waals surface area contributed by atoms with Crippen LogP contribution in [0.2, 0.25) is 0 Å². The maximum absolute atomic E-state index is 11.9. The molecule has 13 heavy (non-hydrogen) atoms. The predicted octanol–water partition coefficient (Wildman–Crippen LogP) is 1.89. The molecule has 1 aliphatic carbocycles. The van der Waals surface area contributed by atoms with Crippen LogP contribution in [0.25, 0.3) is 0 Å². The molecule has 0 atom stereocenters. The van der Waals surface area contributed by atoms with Crippen LogP contribution < -0.4 is 5.73 Å². The van der Waals surface area contributed by atoms with Gasteiger partial charge in [-0.15, -0.1) is 0 Å². The average molecular weight is 194 g/mol. The van der Waals surface area contributed by atoms with Crippen LogP contribution in [0.3, 0.4) is 0 Å². The van der Waals surface area contributed by atoms with Crippen molar-refractivity contribution in [3.63, 3.8) is 0 Å². The highest BCUT2D eigenvalue weighted by Gasteiger charge is 2.30. The molecule has 0 saturated heterocycles. The van der Waals surface area contributed by atoms with Crippen molar-refractivity contribution in [1.29, 1.82) is 0 Å². The second-order valence-electron chi connectivity index (χ2n) is 3.28. The monoisotopic (exact) mass is 194 g/mol. The molecule has 5 heteroatoms. The highest BCUT2D eigenvalue weighted by Crippen LogP contribution is 2.25. The summed E-state index contributed by atoms with van der Waals surface area (Å²) in [6.45, 7) is -0.0873. The topological polar surface area (TPSA) is 38.4 Å². The molecule has 0 heterocycles. The lowest BCUT2D eigenvalue weighted by Crippen LogP contribution is -2.26. The largest absolute Gasteiger partial charge is 0.394 e. The highest BCUT2D eigenvalue weighted by atomic mass is 19.4. The fourth-order valence-corrected chi connectivity index (χ4v) is 1.18. The summed E-state index contributed by atoms with van der Waals surface area (Å²) >= 11 is 0. The van der Waals surface area contributed by atoms with Crippen LogP contribution in [0.15, 0.2) is 4.99 Å². The molecule has 1 aliphatic rings. The second-order valence-corrected chi connectivity index (χ2v) is 3.28. The smallest absolute Gasteiger partial charge is 0.325 e. The Morgan fingerprint density at radius 3 is 2.31 bits per heavy atom. The summed E-state index contributed by atoms with van der Waals surface area (Å²) in [4.78, 5) is 3.96.